The Morgan fingerprint density at radius 3 is 2.42 bits per heavy atom. The van der Waals surface area contributed by atoms with Crippen LogP contribution in [0.5, 0.6) is 0 Å². The number of nitrogens with one attached hydrogen (secondary N) is 1. The largest absolute Gasteiger partial charge is 0.312 e. The van der Waals surface area contributed by atoms with E-state index in [1.807, 2.05) is 18.2 Å². The van der Waals surface area contributed by atoms with Gasteiger partial charge in [0.05, 0.1) is 10.5 Å². The van der Waals surface area contributed by atoms with Crippen LogP contribution >= 0.6 is 11.3 Å². The third-order valence-electron chi connectivity index (χ3n) is 7.31. The van der Waals surface area contributed by atoms with Crippen molar-refractivity contribution in [3.05, 3.63) is 81.7 Å². The highest BCUT2D eigenvalue weighted by Crippen LogP contribution is 2.37. The molecule has 2 aliphatic rings. The Morgan fingerprint density at radius 1 is 1.08 bits per heavy atom. The fourth-order valence-corrected chi connectivity index (χ4v) is 8.46. The number of hydrogen-bond donors (Lipinski definition) is 1. The molecule has 3 aromatic rings. The lowest BCUT2D eigenvalue weighted by atomic mass is 9.94. The number of sulfonamides is 1. The second-order valence-corrected chi connectivity index (χ2v) is 13.6. The smallest absolute Gasteiger partial charge is 0.256 e. The second kappa shape index (κ2) is 11.0. The van der Waals surface area contributed by atoms with E-state index in [2.05, 4.69) is 42.3 Å². The number of rotatable bonds is 6. The van der Waals surface area contributed by atoms with Crippen LogP contribution in [-0.2, 0) is 29.5 Å². The molecule has 2 aliphatic heterocycles. The number of nitriles is 1. The summed E-state index contributed by atoms with van der Waals surface area (Å²) in [5.41, 5.74) is 3.15. The molecule has 0 saturated carbocycles. The standard InChI is InChI=1S/C29H32N4O3S2/c1-20-14-21(2)17-33(16-20)38(35,36)24-10-8-23(9-11-24)28(34)31-29-26(15-30)25-12-13-32(19-27(25)37-29)18-22-6-4-3-5-7-22/h3-11,20-21H,12-14,16-19H2,1-2H3,(H,31,34). The lowest BCUT2D eigenvalue weighted by molar-refractivity contribution is 0.102. The summed E-state index contributed by atoms with van der Waals surface area (Å²) in [5, 5.41) is 13.3. The Morgan fingerprint density at radius 2 is 1.76 bits per heavy atom. The molecule has 2 unspecified atom stereocenters. The zero-order valence-corrected chi connectivity index (χ0v) is 23.3. The number of carbonyl (C=O) groups is 1. The van der Waals surface area contributed by atoms with Crippen molar-refractivity contribution in [2.24, 2.45) is 11.8 Å². The molecule has 38 heavy (non-hydrogen) atoms. The molecular formula is C29H32N4O3S2. The molecule has 1 fully saturated rings. The minimum Gasteiger partial charge on any atom is -0.312 e. The molecule has 1 N–H and O–H groups in total. The fourth-order valence-electron chi connectivity index (χ4n) is 5.54. The summed E-state index contributed by atoms with van der Waals surface area (Å²) >= 11 is 1.45. The maximum absolute atomic E-state index is 13.2. The molecule has 5 rings (SSSR count). The van der Waals surface area contributed by atoms with E-state index in [1.165, 1.54) is 29.0 Å². The van der Waals surface area contributed by atoms with Crippen molar-refractivity contribution in [2.45, 2.75) is 44.7 Å². The van der Waals surface area contributed by atoms with E-state index in [0.717, 1.165) is 42.9 Å². The average Bonchev–Trinajstić information content (AvgIpc) is 3.24. The molecule has 0 radical (unpaired) electrons. The highest BCUT2D eigenvalue weighted by Gasteiger charge is 2.32. The normalized spacial score (nSPS) is 20.4. The molecule has 1 aromatic heterocycles. The number of anilines is 1. The SMILES string of the molecule is CC1CC(C)CN(S(=O)(=O)c2ccc(C(=O)Nc3sc4c(c3C#N)CCN(Cc3ccccc3)C4)cc2)C1. The lowest BCUT2D eigenvalue weighted by Crippen LogP contribution is -2.42. The van der Waals surface area contributed by atoms with Crippen LogP contribution in [-0.4, -0.2) is 43.2 Å². The summed E-state index contributed by atoms with van der Waals surface area (Å²) in [6.45, 7) is 7.60. The van der Waals surface area contributed by atoms with Crippen molar-refractivity contribution in [2.75, 3.05) is 25.0 Å². The van der Waals surface area contributed by atoms with Crippen molar-refractivity contribution < 1.29 is 13.2 Å². The maximum atomic E-state index is 13.2. The molecule has 0 bridgehead atoms. The van der Waals surface area contributed by atoms with Crippen LogP contribution in [0.15, 0.2) is 59.5 Å². The summed E-state index contributed by atoms with van der Waals surface area (Å²) in [5.74, 6) is 0.273. The van der Waals surface area contributed by atoms with E-state index < -0.39 is 10.0 Å². The predicted molar refractivity (Wildman–Crippen MR) is 149 cm³/mol. The number of thiophene rings is 1. The zero-order valence-electron chi connectivity index (χ0n) is 21.7. The van der Waals surface area contributed by atoms with Gasteiger partial charge in [0, 0.05) is 43.2 Å². The summed E-state index contributed by atoms with van der Waals surface area (Å²) in [6, 6.07) is 18.7. The maximum Gasteiger partial charge on any atom is 0.256 e. The van der Waals surface area contributed by atoms with Gasteiger partial charge in [0.2, 0.25) is 10.0 Å². The number of hydrogen-bond acceptors (Lipinski definition) is 6. The first kappa shape index (κ1) is 26.6. The van der Waals surface area contributed by atoms with Gasteiger partial charge in [0.15, 0.2) is 0 Å². The summed E-state index contributed by atoms with van der Waals surface area (Å²) in [4.78, 5) is 16.7. The molecule has 2 atom stereocenters. The van der Waals surface area contributed by atoms with Gasteiger partial charge in [0.1, 0.15) is 11.1 Å². The molecule has 9 heteroatoms. The molecule has 1 saturated heterocycles. The van der Waals surface area contributed by atoms with Crippen LogP contribution in [0.25, 0.3) is 0 Å². The van der Waals surface area contributed by atoms with E-state index in [0.29, 0.717) is 41.1 Å². The van der Waals surface area contributed by atoms with Gasteiger partial charge in [-0.05, 0) is 60.1 Å². The van der Waals surface area contributed by atoms with Gasteiger partial charge >= 0.3 is 0 Å². The molecule has 3 heterocycles. The molecule has 7 nitrogen and oxygen atoms in total. The van der Waals surface area contributed by atoms with E-state index in [-0.39, 0.29) is 10.8 Å². The first-order valence-electron chi connectivity index (χ1n) is 13.0. The van der Waals surface area contributed by atoms with Crippen LogP contribution in [0.4, 0.5) is 5.00 Å². The summed E-state index contributed by atoms with van der Waals surface area (Å²) in [6.07, 6.45) is 1.78. The Bertz CT molecular complexity index is 1450. The van der Waals surface area contributed by atoms with Crippen molar-refractivity contribution in [1.29, 1.82) is 5.26 Å². The van der Waals surface area contributed by atoms with Gasteiger partial charge < -0.3 is 5.32 Å². The van der Waals surface area contributed by atoms with Gasteiger partial charge in [-0.3, -0.25) is 9.69 Å². The molecule has 198 valence electrons. The minimum absolute atomic E-state index is 0.193. The van der Waals surface area contributed by atoms with Crippen molar-refractivity contribution in [3.8, 4) is 6.07 Å². The van der Waals surface area contributed by atoms with Crippen molar-refractivity contribution >= 4 is 32.3 Å². The van der Waals surface area contributed by atoms with Crippen LogP contribution in [0.3, 0.4) is 0 Å². The monoisotopic (exact) mass is 548 g/mol. The van der Waals surface area contributed by atoms with Crippen LogP contribution in [0.2, 0.25) is 0 Å². The number of carbonyl (C=O) groups excluding carboxylic acids is 1. The van der Waals surface area contributed by atoms with Gasteiger partial charge in [-0.15, -0.1) is 11.3 Å². The van der Waals surface area contributed by atoms with E-state index in [1.54, 1.807) is 16.4 Å². The number of amides is 1. The van der Waals surface area contributed by atoms with Crippen LogP contribution < -0.4 is 5.32 Å². The zero-order chi connectivity index (χ0) is 26.9. The van der Waals surface area contributed by atoms with Gasteiger partial charge in [0.25, 0.3) is 5.91 Å². The van der Waals surface area contributed by atoms with Crippen molar-refractivity contribution in [3.63, 3.8) is 0 Å². The highest BCUT2D eigenvalue weighted by molar-refractivity contribution is 7.89. The third kappa shape index (κ3) is 5.54. The summed E-state index contributed by atoms with van der Waals surface area (Å²) < 4.78 is 27.9. The van der Waals surface area contributed by atoms with Gasteiger partial charge in [-0.1, -0.05) is 44.2 Å². The molecule has 0 spiro atoms. The third-order valence-corrected chi connectivity index (χ3v) is 10.3. The Balaban J connectivity index is 1.29. The number of benzene rings is 2. The lowest BCUT2D eigenvalue weighted by Gasteiger charge is -2.34. The molecular weight excluding hydrogens is 516 g/mol. The van der Waals surface area contributed by atoms with Crippen LogP contribution in [0, 0.1) is 23.2 Å². The Hall–Kier alpha value is -3.03. The molecule has 1 amide bonds. The van der Waals surface area contributed by atoms with Gasteiger partial charge in [-0.2, -0.15) is 9.57 Å². The highest BCUT2D eigenvalue weighted by atomic mass is 32.2. The number of fused-ring (bicyclic) bond motifs is 1. The van der Waals surface area contributed by atoms with E-state index >= 15 is 0 Å². The topological polar surface area (TPSA) is 93.5 Å². The first-order valence-corrected chi connectivity index (χ1v) is 15.2. The van der Waals surface area contributed by atoms with Crippen LogP contribution in [0.1, 0.15) is 52.2 Å². The summed E-state index contributed by atoms with van der Waals surface area (Å²) in [7, 11) is -3.61. The molecule has 0 aliphatic carbocycles. The Kier molecular flexibility index (Phi) is 7.68. The predicted octanol–water partition coefficient (Wildman–Crippen LogP) is 5.10. The quantitative estimate of drug-likeness (QED) is 0.463. The number of piperidine rings is 1. The molecule has 2 aromatic carbocycles. The minimum atomic E-state index is -3.61. The number of nitrogens with zero attached hydrogens (tertiary/aromatic N) is 3. The van der Waals surface area contributed by atoms with E-state index in [4.69, 9.17) is 0 Å². The average molecular weight is 549 g/mol. The van der Waals surface area contributed by atoms with E-state index in [9.17, 15) is 18.5 Å². The van der Waals surface area contributed by atoms with Crippen molar-refractivity contribution in [1.82, 2.24) is 9.21 Å². The van der Waals surface area contributed by atoms with Gasteiger partial charge in [-0.25, -0.2) is 8.42 Å². The second-order valence-electron chi connectivity index (χ2n) is 10.5. The Labute approximate surface area is 228 Å². The first-order chi connectivity index (χ1) is 18.2. The fraction of sp³-hybridized carbons (Fsp3) is 0.379.